The van der Waals surface area contributed by atoms with Crippen LogP contribution in [-0.2, 0) is 0 Å². The first-order valence-corrected chi connectivity index (χ1v) is 7.45. The van der Waals surface area contributed by atoms with Crippen LogP contribution in [0, 0.1) is 36.0 Å². The van der Waals surface area contributed by atoms with Crippen molar-refractivity contribution in [2.75, 3.05) is 0 Å². The molecule has 0 atom stereocenters. The van der Waals surface area contributed by atoms with E-state index in [-0.39, 0.29) is 11.1 Å². The fraction of sp³-hybridized carbons (Fsp3) is 0.0556. The number of halogens is 5. The molecule has 0 saturated heterocycles. The molecule has 0 aliphatic heterocycles. The third kappa shape index (κ3) is 2.29. The van der Waals surface area contributed by atoms with E-state index >= 15 is 0 Å². The number of aromatic nitrogens is 2. The largest absolute Gasteiger partial charge is 0.436 e. The molecule has 132 valence electrons. The molecule has 0 amide bonds. The smallest absolute Gasteiger partial charge is 0.233 e. The minimum Gasteiger partial charge on any atom is -0.436 e. The average molecular weight is 364 g/mol. The van der Waals surface area contributed by atoms with Gasteiger partial charge in [-0.25, -0.2) is 26.9 Å². The van der Waals surface area contributed by atoms with Crippen LogP contribution in [-0.4, -0.2) is 9.55 Å². The molecule has 0 bridgehead atoms. The van der Waals surface area contributed by atoms with Crippen molar-refractivity contribution in [3.05, 3.63) is 71.3 Å². The third-order valence-electron chi connectivity index (χ3n) is 3.99. The van der Waals surface area contributed by atoms with Crippen LogP contribution >= 0.6 is 0 Å². The summed E-state index contributed by atoms with van der Waals surface area (Å²) in [5.74, 6) is -11.0. The summed E-state index contributed by atoms with van der Waals surface area (Å²) in [6, 6.07) is 6.95. The molecule has 0 N–H and O–H groups in total. The van der Waals surface area contributed by atoms with Crippen molar-refractivity contribution in [2.24, 2.45) is 0 Å². The molecule has 2 heterocycles. The lowest BCUT2D eigenvalue weighted by molar-refractivity contribution is 0.379. The maximum Gasteiger partial charge on any atom is 0.233 e. The second kappa shape index (κ2) is 5.69. The summed E-state index contributed by atoms with van der Waals surface area (Å²) in [5, 5.41) is 0. The van der Waals surface area contributed by atoms with Crippen LogP contribution < -0.4 is 0 Å². The maximum absolute atomic E-state index is 14.0. The summed E-state index contributed by atoms with van der Waals surface area (Å²) >= 11 is 0. The zero-order chi connectivity index (χ0) is 18.6. The molecule has 2 aromatic heterocycles. The number of fused-ring (bicyclic) bond motifs is 1. The lowest BCUT2D eigenvalue weighted by atomic mass is 10.1. The summed E-state index contributed by atoms with van der Waals surface area (Å²) in [5.41, 5.74) is 0.526. The van der Waals surface area contributed by atoms with E-state index in [1.807, 2.05) is 12.1 Å². The van der Waals surface area contributed by atoms with Gasteiger partial charge in [-0.1, -0.05) is 0 Å². The van der Waals surface area contributed by atoms with E-state index in [9.17, 15) is 22.0 Å². The maximum atomic E-state index is 14.0. The van der Waals surface area contributed by atoms with Crippen molar-refractivity contribution < 1.29 is 26.4 Å². The first-order chi connectivity index (χ1) is 12.4. The van der Waals surface area contributed by atoms with Crippen LogP contribution in [0.4, 0.5) is 22.0 Å². The van der Waals surface area contributed by atoms with Crippen molar-refractivity contribution in [1.82, 2.24) is 9.55 Å². The van der Waals surface area contributed by atoms with Crippen LogP contribution in [0.3, 0.4) is 0 Å². The van der Waals surface area contributed by atoms with Gasteiger partial charge in [-0.3, -0.25) is 0 Å². The van der Waals surface area contributed by atoms with Gasteiger partial charge in [-0.05, 0) is 36.8 Å². The molecule has 0 unspecified atom stereocenters. The van der Waals surface area contributed by atoms with Gasteiger partial charge in [0.2, 0.25) is 11.7 Å². The Morgan fingerprint density at radius 2 is 1.42 bits per heavy atom. The van der Waals surface area contributed by atoms with Gasteiger partial charge in [-0.15, -0.1) is 0 Å². The summed E-state index contributed by atoms with van der Waals surface area (Å²) in [6.45, 7) is 1.68. The number of hydrogen-bond acceptors (Lipinski definition) is 2. The van der Waals surface area contributed by atoms with E-state index in [1.165, 1.54) is 0 Å². The Bertz CT molecular complexity index is 1120. The Morgan fingerprint density at radius 3 is 2.04 bits per heavy atom. The molecule has 0 spiro atoms. The first-order valence-electron chi connectivity index (χ1n) is 7.45. The number of aryl methyl sites for hydroxylation is 1. The van der Waals surface area contributed by atoms with E-state index in [0.717, 1.165) is 0 Å². The highest BCUT2D eigenvalue weighted by molar-refractivity contribution is 5.81. The van der Waals surface area contributed by atoms with Crippen LogP contribution in [0.5, 0.6) is 0 Å². The second-order valence-corrected chi connectivity index (χ2v) is 5.67. The molecular weight excluding hydrogens is 355 g/mol. The van der Waals surface area contributed by atoms with Crippen molar-refractivity contribution in [2.45, 2.75) is 6.92 Å². The summed E-state index contributed by atoms with van der Waals surface area (Å²) in [7, 11) is 0. The highest BCUT2D eigenvalue weighted by Crippen LogP contribution is 2.34. The zero-order valence-electron chi connectivity index (χ0n) is 13.2. The third-order valence-corrected chi connectivity index (χ3v) is 3.99. The van der Waals surface area contributed by atoms with E-state index in [0.29, 0.717) is 11.3 Å². The Morgan fingerprint density at radius 1 is 0.846 bits per heavy atom. The van der Waals surface area contributed by atoms with E-state index in [4.69, 9.17) is 4.42 Å². The van der Waals surface area contributed by atoms with Gasteiger partial charge in [0.1, 0.15) is 11.1 Å². The fourth-order valence-electron chi connectivity index (χ4n) is 2.74. The minimum atomic E-state index is -2.23. The monoisotopic (exact) mass is 364 g/mol. The van der Waals surface area contributed by atoms with Gasteiger partial charge in [0.05, 0.1) is 0 Å². The molecule has 0 aliphatic rings. The number of nitrogens with zero attached hydrogens (tertiary/aromatic N) is 2. The molecule has 0 radical (unpaired) electrons. The summed E-state index contributed by atoms with van der Waals surface area (Å²) in [4.78, 5) is 3.93. The fourth-order valence-corrected chi connectivity index (χ4v) is 2.74. The molecule has 0 fully saturated rings. The Hall–Kier alpha value is -3.16. The number of benzene rings is 2. The topological polar surface area (TPSA) is 31.0 Å². The lowest BCUT2D eigenvalue weighted by Crippen LogP contribution is -2.04. The van der Waals surface area contributed by atoms with Gasteiger partial charge >= 0.3 is 0 Å². The van der Waals surface area contributed by atoms with Crippen molar-refractivity contribution in [3.8, 4) is 17.1 Å². The zero-order valence-corrected chi connectivity index (χ0v) is 13.2. The highest BCUT2D eigenvalue weighted by Gasteiger charge is 2.29. The standard InChI is InChI=1S/C18H9F5N2O/c1-8-6-9(25-4-2-3-5-25)7-10-17(8)26-18(24-10)11-12(19)14(21)16(23)15(22)13(11)20/h2-7H,1H3. The van der Waals surface area contributed by atoms with Crippen LogP contribution in [0.1, 0.15) is 5.56 Å². The summed E-state index contributed by atoms with van der Waals surface area (Å²) < 4.78 is 75.2. The number of rotatable bonds is 2. The van der Waals surface area contributed by atoms with E-state index < -0.39 is 40.5 Å². The summed E-state index contributed by atoms with van der Waals surface area (Å²) in [6.07, 6.45) is 3.57. The quantitative estimate of drug-likeness (QED) is 0.275. The van der Waals surface area contributed by atoms with Crippen molar-refractivity contribution >= 4 is 11.1 Å². The predicted molar refractivity (Wildman–Crippen MR) is 83.3 cm³/mol. The molecular formula is C18H9F5N2O. The van der Waals surface area contributed by atoms with E-state index in [1.54, 1.807) is 36.0 Å². The van der Waals surface area contributed by atoms with Gasteiger partial charge < -0.3 is 8.98 Å². The van der Waals surface area contributed by atoms with Crippen molar-refractivity contribution in [1.29, 1.82) is 0 Å². The Kier molecular flexibility index (Phi) is 3.57. The molecule has 0 saturated carbocycles. The second-order valence-electron chi connectivity index (χ2n) is 5.67. The molecule has 4 aromatic rings. The van der Waals surface area contributed by atoms with Crippen LogP contribution in [0.15, 0.2) is 41.1 Å². The average Bonchev–Trinajstić information content (AvgIpc) is 3.28. The molecule has 26 heavy (non-hydrogen) atoms. The molecule has 0 aliphatic carbocycles. The SMILES string of the molecule is Cc1cc(-n2cccc2)cc2nc(-c3c(F)c(F)c(F)c(F)c3F)oc12. The minimum absolute atomic E-state index is 0.194. The number of oxazole rings is 1. The van der Waals surface area contributed by atoms with E-state index in [2.05, 4.69) is 4.98 Å². The predicted octanol–water partition coefficient (Wildman–Crippen LogP) is 5.29. The molecule has 4 rings (SSSR count). The van der Waals surface area contributed by atoms with Crippen LogP contribution in [0.25, 0.3) is 28.2 Å². The van der Waals surface area contributed by atoms with Gasteiger partial charge in [0.15, 0.2) is 28.9 Å². The molecule has 2 aromatic carbocycles. The van der Waals surface area contributed by atoms with Crippen molar-refractivity contribution in [3.63, 3.8) is 0 Å². The van der Waals surface area contributed by atoms with Crippen LogP contribution in [0.2, 0.25) is 0 Å². The van der Waals surface area contributed by atoms with Gasteiger partial charge in [0, 0.05) is 18.1 Å². The lowest BCUT2D eigenvalue weighted by Gasteiger charge is -2.04. The van der Waals surface area contributed by atoms with Gasteiger partial charge in [0.25, 0.3) is 0 Å². The molecule has 3 nitrogen and oxygen atoms in total. The first kappa shape index (κ1) is 16.3. The normalized spacial score (nSPS) is 11.5. The Labute approximate surface area is 143 Å². The highest BCUT2D eigenvalue weighted by atomic mass is 19.2. The Balaban J connectivity index is 1.96. The number of hydrogen-bond donors (Lipinski definition) is 0. The molecule has 8 heteroatoms. The van der Waals surface area contributed by atoms with Gasteiger partial charge in [-0.2, -0.15) is 0 Å².